The molecule has 6 heteroatoms. The topological polar surface area (TPSA) is 47.1 Å². The maximum Gasteiger partial charge on any atom is 0.227 e. The molecule has 5 rings (SSSR count). The predicted molar refractivity (Wildman–Crippen MR) is 114 cm³/mol. The summed E-state index contributed by atoms with van der Waals surface area (Å²) in [5.74, 6) is 1.66. The highest BCUT2D eigenvalue weighted by Crippen LogP contribution is 2.40. The van der Waals surface area contributed by atoms with Gasteiger partial charge in [-0.25, -0.2) is 4.98 Å². The fourth-order valence-electron chi connectivity index (χ4n) is 3.30. The number of aromatic nitrogens is 2. The maximum absolute atomic E-state index is 6.26. The van der Waals surface area contributed by atoms with E-state index in [1.807, 2.05) is 54.6 Å². The third kappa shape index (κ3) is 3.55. The number of nitrogens with zero attached hydrogens (tertiary/aromatic N) is 1. The van der Waals surface area contributed by atoms with Gasteiger partial charge >= 0.3 is 0 Å². The number of para-hydroxylation sites is 2. The van der Waals surface area contributed by atoms with E-state index < -0.39 is 0 Å². The van der Waals surface area contributed by atoms with Gasteiger partial charge in [0.05, 0.1) is 17.6 Å². The molecule has 0 radical (unpaired) electrons. The number of aromatic amines is 1. The van der Waals surface area contributed by atoms with Crippen LogP contribution < -0.4 is 4.74 Å². The van der Waals surface area contributed by atoms with Crippen molar-refractivity contribution < 1.29 is 9.47 Å². The molecular formula is C22H17BrN2O2S. The highest BCUT2D eigenvalue weighted by Gasteiger charge is 2.25. The van der Waals surface area contributed by atoms with Gasteiger partial charge < -0.3 is 14.5 Å². The van der Waals surface area contributed by atoms with E-state index >= 15 is 0 Å². The molecule has 28 heavy (non-hydrogen) atoms. The van der Waals surface area contributed by atoms with Crippen LogP contribution in [0.3, 0.4) is 0 Å². The molecule has 0 aliphatic carbocycles. The Morgan fingerprint density at radius 1 is 1.07 bits per heavy atom. The second kappa shape index (κ2) is 7.62. The molecule has 0 amide bonds. The number of imidazole rings is 1. The SMILES string of the molecule is Brc1cc2c(c(CSc3nc4ccccc4[nH]3)c1)O[C@@H](c1ccccc1)OC2. The van der Waals surface area contributed by atoms with Crippen molar-refractivity contribution in [1.29, 1.82) is 0 Å². The van der Waals surface area contributed by atoms with Gasteiger partial charge in [0.15, 0.2) is 5.16 Å². The first-order valence-corrected chi connectivity index (χ1v) is 10.8. The number of fused-ring (bicyclic) bond motifs is 2. The number of ether oxygens (including phenoxy) is 2. The predicted octanol–water partition coefficient (Wildman–Crippen LogP) is 6.23. The van der Waals surface area contributed by atoms with Gasteiger partial charge in [0, 0.05) is 26.9 Å². The Morgan fingerprint density at radius 2 is 1.89 bits per heavy atom. The average molecular weight is 453 g/mol. The smallest absolute Gasteiger partial charge is 0.227 e. The molecule has 0 bridgehead atoms. The summed E-state index contributed by atoms with van der Waals surface area (Å²) in [5.41, 5.74) is 5.23. The van der Waals surface area contributed by atoms with Crippen LogP contribution in [0.1, 0.15) is 23.0 Å². The minimum atomic E-state index is -0.384. The third-order valence-corrected chi connectivity index (χ3v) is 6.01. The van der Waals surface area contributed by atoms with Crippen LogP contribution in [0.25, 0.3) is 11.0 Å². The highest BCUT2D eigenvalue weighted by atomic mass is 79.9. The van der Waals surface area contributed by atoms with Gasteiger partial charge in [0.2, 0.25) is 6.29 Å². The second-order valence-corrected chi connectivity index (χ2v) is 8.45. The third-order valence-electron chi connectivity index (χ3n) is 4.63. The molecule has 140 valence electrons. The molecule has 1 atom stereocenters. The zero-order chi connectivity index (χ0) is 18.9. The first-order valence-electron chi connectivity index (χ1n) is 8.98. The lowest BCUT2D eigenvalue weighted by molar-refractivity contribution is -0.111. The fraction of sp³-hybridized carbons (Fsp3) is 0.136. The van der Waals surface area contributed by atoms with Crippen molar-refractivity contribution in [2.75, 3.05) is 0 Å². The second-order valence-electron chi connectivity index (χ2n) is 6.57. The van der Waals surface area contributed by atoms with Crippen LogP contribution in [0, 0.1) is 0 Å². The van der Waals surface area contributed by atoms with Crippen LogP contribution in [0.15, 0.2) is 76.4 Å². The van der Waals surface area contributed by atoms with Crippen LogP contribution in [-0.2, 0) is 17.1 Å². The lowest BCUT2D eigenvalue weighted by atomic mass is 10.1. The first-order chi connectivity index (χ1) is 13.8. The minimum absolute atomic E-state index is 0.384. The molecule has 2 heterocycles. The van der Waals surface area contributed by atoms with Gasteiger partial charge in [0.25, 0.3) is 0 Å². The van der Waals surface area contributed by atoms with Crippen LogP contribution in [-0.4, -0.2) is 9.97 Å². The first kappa shape index (κ1) is 17.8. The van der Waals surface area contributed by atoms with Crippen molar-refractivity contribution in [2.45, 2.75) is 23.8 Å². The molecule has 1 aliphatic heterocycles. The van der Waals surface area contributed by atoms with Crippen molar-refractivity contribution >= 4 is 38.7 Å². The Morgan fingerprint density at radius 3 is 2.75 bits per heavy atom. The molecule has 4 aromatic rings. The van der Waals surface area contributed by atoms with E-state index in [2.05, 4.69) is 38.0 Å². The van der Waals surface area contributed by atoms with E-state index in [1.165, 1.54) is 0 Å². The standard InChI is InChI=1S/C22H17BrN2O2S/c23-17-10-15-12-26-21(14-6-2-1-3-7-14)27-20(15)16(11-17)13-28-22-24-18-8-4-5-9-19(18)25-22/h1-11,21H,12-13H2,(H,24,25)/t21-/m0/s1. The van der Waals surface area contributed by atoms with E-state index in [-0.39, 0.29) is 6.29 Å². The lowest BCUT2D eigenvalue weighted by Gasteiger charge is -2.28. The molecule has 1 aliphatic rings. The van der Waals surface area contributed by atoms with Gasteiger partial charge in [-0.15, -0.1) is 0 Å². The van der Waals surface area contributed by atoms with Crippen molar-refractivity contribution in [2.24, 2.45) is 0 Å². The normalized spacial score (nSPS) is 16.0. The summed E-state index contributed by atoms with van der Waals surface area (Å²) in [6.45, 7) is 0.524. The molecule has 3 aromatic carbocycles. The van der Waals surface area contributed by atoms with E-state index in [9.17, 15) is 0 Å². The molecule has 1 N–H and O–H groups in total. The van der Waals surface area contributed by atoms with Crippen molar-refractivity contribution in [1.82, 2.24) is 9.97 Å². The molecule has 0 spiro atoms. The average Bonchev–Trinajstić information content (AvgIpc) is 3.15. The number of rotatable bonds is 4. The van der Waals surface area contributed by atoms with Gasteiger partial charge in [-0.3, -0.25) is 0 Å². The summed E-state index contributed by atoms with van der Waals surface area (Å²) in [6, 6.07) is 22.3. The van der Waals surface area contributed by atoms with Gasteiger partial charge in [-0.2, -0.15) is 0 Å². The number of nitrogens with one attached hydrogen (secondary N) is 1. The summed E-state index contributed by atoms with van der Waals surface area (Å²) in [4.78, 5) is 8.02. The molecule has 0 saturated carbocycles. The van der Waals surface area contributed by atoms with E-state index in [0.29, 0.717) is 6.61 Å². The Hall–Kier alpha value is -2.28. The molecule has 0 unspecified atom stereocenters. The van der Waals surface area contributed by atoms with Crippen molar-refractivity contribution in [3.63, 3.8) is 0 Å². The largest absolute Gasteiger partial charge is 0.460 e. The summed E-state index contributed by atoms with van der Waals surface area (Å²) >= 11 is 5.28. The summed E-state index contributed by atoms with van der Waals surface area (Å²) < 4.78 is 13.2. The summed E-state index contributed by atoms with van der Waals surface area (Å²) in [5, 5.41) is 0.904. The Labute approximate surface area is 175 Å². The van der Waals surface area contributed by atoms with Crippen molar-refractivity contribution in [3.05, 3.63) is 87.9 Å². The Bertz CT molecular complexity index is 1100. The zero-order valence-electron chi connectivity index (χ0n) is 14.9. The van der Waals surface area contributed by atoms with Crippen molar-refractivity contribution in [3.8, 4) is 5.75 Å². The number of hydrogen-bond acceptors (Lipinski definition) is 4. The highest BCUT2D eigenvalue weighted by molar-refractivity contribution is 9.10. The minimum Gasteiger partial charge on any atom is -0.460 e. The zero-order valence-corrected chi connectivity index (χ0v) is 17.3. The number of hydrogen-bond donors (Lipinski definition) is 1. The van der Waals surface area contributed by atoms with Gasteiger partial charge in [0.1, 0.15) is 5.75 Å². The molecule has 0 fully saturated rings. The van der Waals surface area contributed by atoms with E-state index in [0.717, 1.165) is 48.9 Å². The molecule has 1 aromatic heterocycles. The van der Waals surface area contributed by atoms with Crippen LogP contribution in [0.4, 0.5) is 0 Å². The van der Waals surface area contributed by atoms with Gasteiger partial charge in [-0.1, -0.05) is 70.2 Å². The number of H-pyrrole nitrogens is 1. The van der Waals surface area contributed by atoms with Crippen LogP contribution >= 0.6 is 27.7 Å². The monoisotopic (exact) mass is 452 g/mol. The van der Waals surface area contributed by atoms with E-state index in [4.69, 9.17) is 9.47 Å². The van der Waals surface area contributed by atoms with Gasteiger partial charge in [-0.05, 0) is 24.3 Å². The van der Waals surface area contributed by atoms with Crippen LogP contribution in [0.2, 0.25) is 0 Å². The van der Waals surface area contributed by atoms with E-state index in [1.54, 1.807) is 11.8 Å². The molecule has 0 saturated heterocycles. The Balaban J connectivity index is 1.41. The Kier molecular flexibility index (Phi) is 4.84. The quantitative estimate of drug-likeness (QED) is 0.373. The summed E-state index contributed by atoms with van der Waals surface area (Å²) in [6.07, 6.45) is -0.384. The van der Waals surface area contributed by atoms with Crippen LogP contribution in [0.5, 0.6) is 5.75 Å². The summed E-state index contributed by atoms with van der Waals surface area (Å²) in [7, 11) is 0. The lowest BCUT2D eigenvalue weighted by Crippen LogP contribution is -2.19. The molecule has 4 nitrogen and oxygen atoms in total. The number of benzene rings is 3. The maximum atomic E-state index is 6.26. The number of thioether (sulfide) groups is 1. The molecular weight excluding hydrogens is 436 g/mol. The number of halogens is 1. The fourth-order valence-corrected chi connectivity index (χ4v) is 4.71.